The van der Waals surface area contributed by atoms with Crippen molar-refractivity contribution in [2.75, 3.05) is 18.4 Å². The highest BCUT2D eigenvalue weighted by atomic mass is 19.1. The van der Waals surface area contributed by atoms with Gasteiger partial charge in [-0.05, 0) is 42.3 Å². The summed E-state index contributed by atoms with van der Waals surface area (Å²) in [5.41, 5.74) is 5.08. The van der Waals surface area contributed by atoms with Crippen LogP contribution in [-0.4, -0.2) is 55.2 Å². The molecule has 1 atom stereocenters. The monoisotopic (exact) mass is 467 g/mol. The van der Waals surface area contributed by atoms with Crippen LogP contribution in [0.25, 0.3) is 33.4 Å². The number of nitrogens with zero attached hydrogens (tertiary/aromatic N) is 4. The van der Waals surface area contributed by atoms with E-state index in [9.17, 15) is 9.18 Å². The fourth-order valence-electron chi connectivity index (χ4n) is 4.32. The fraction of sp³-hybridized carbons (Fsp3) is 0.154. The lowest BCUT2D eigenvalue weighted by Gasteiger charge is -2.13. The van der Waals surface area contributed by atoms with Crippen molar-refractivity contribution in [3.8, 4) is 22.5 Å². The summed E-state index contributed by atoms with van der Waals surface area (Å²) in [4.78, 5) is 26.5. The Bertz CT molecular complexity index is 1490. The Morgan fingerprint density at radius 3 is 2.69 bits per heavy atom. The standard InChI is InChI=1S/C26H22FN7O/c27-20-8-10-34(15-20)26(35)23-11-17-1-2-18(12-22(17)32-23)25-28-9-7-24(33-25)31-21-5-3-16(4-6-21)19-13-29-30-14-19/h1-7,9,11-14,20,32H,8,10,15H2,(H,29,30)(H,28,31,33)/t20-/m1/s1. The first kappa shape index (κ1) is 21.0. The van der Waals surface area contributed by atoms with Gasteiger partial charge in [-0.1, -0.05) is 24.3 Å². The van der Waals surface area contributed by atoms with Crippen LogP contribution in [0.2, 0.25) is 0 Å². The molecule has 174 valence electrons. The van der Waals surface area contributed by atoms with Gasteiger partial charge in [0.1, 0.15) is 17.7 Å². The number of hydrogen-bond acceptors (Lipinski definition) is 5. The number of nitrogens with one attached hydrogen (secondary N) is 3. The summed E-state index contributed by atoms with van der Waals surface area (Å²) in [5, 5.41) is 11.0. The molecule has 8 nitrogen and oxygen atoms in total. The van der Waals surface area contributed by atoms with Gasteiger partial charge in [0.15, 0.2) is 5.82 Å². The first-order valence-electron chi connectivity index (χ1n) is 11.4. The van der Waals surface area contributed by atoms with Gasteiger partial charge in [-0.3, -0.25) is 9.89 Å². The second-order valence-corrected chi connectivity index (χ2v) is 8.58. The van der Waals surface area contributed by atoms with Crippen LogP contribution >= 0.6 is 0 Å². The van der Waals surface area contributed by atoms with E-state index in [0.717, 1.165) is 33.3 Å². The molecule has 9 heteroatoms. The van der Waals surface area contributed by atoms with Crippen LogP contribution in [0.1, 0.15) is 16.9 Å². The highest BCUT2D eigenvalue weighted by molar-refractivity contribution is 5.98. The van der Waals surface area contributed by atoms with E-state index >= 15 is 0 Å². The quantitative estimate of drug-likeness (QED) is 0.340. The van der Waals surface area contributed by atoms with Crippen LogP contribution in [0.15, 0.2) is 73.2 Å². The summed E-state index contributed by atoms with van der Waals surface area (Å²) in [6, 6.07) is 17.4. The molecular weight excluding hydrogens is 445 g/mol. The highest BCUT2D eigenvalue weighted by Crippen LogP contribution is 2.26. The van der Waals surface area contributed by atoms with Gasteiger partial charge in [-0.2, -0.15) is 5.10 Å². The molecular formula is C26H22FN7O. The van der Waals surface area contributed by atoms with E-state index < -0.39 is 6.17 Å². The number of aromatic nitrogens is 5. The van der Waals surface area contributed by atoms with Gasteiger partial charge in [0, 0.05) is 46.7 Å². The number of benzene rings is 2. The molecule has 5 aromatic rings. The number of likely N-dealkylation sites (tertiary alicyclic amines) is 1. The van der Waals surface area contributed by atoms with Crippen LogP contribution in [0, 0.1) is 0 Å². The van der Waals surface area contributed by atoms with Gasteiger partial charge in [-0.25, -0.2) is 14.4 Å². The third-order valence-corrected chi connectivity index (χ3v) is 6.17. The average Bonchev–Trinajstić information content (AvgIpc) is 3.65. The molecule has 1 fully saturated rings. The minimum absolute atomic E-state index is 0.152. The number of fused-ring (bicyclic) bond motifs is 1. The van der Waals surface area contributed by atoms with Crippen LogP contribution in [0.5, 0.6) is 0 Å². The summed E-state index contributed by atoms with van der Waals surface area (Å²) >= 11 is 0. The minimum Gasteiger partial charge on any atom is -0.351 e. The molecule has 35 heavy (non-hydrogen) atoms. The molecule has 1 saturated heterocycles. The zero-order valence-electron chi connectivity index (χ0n) is 18.7. The lowest BCUT2D eigenvalue weighted by molar-refractivity contribution is 0.0778. The Morgan fingerprint density at radius 2 is 1.91 bits per heavy atom. The molecule has 4 heterocycles. The normalized spacial score (nSPS) is 15.6. The maximum atomic E-state index is 13.5. The molecule has 0 radical (unpaired) electrons. The molecule has 6 rings (SSSR count). The lowest BCUT2D eigenvalue weighted by Crippen LogP contribution is -2.29. The Kier molecular flexibility index (Phi) is 5.21. The molecule has 0 spiro atoms. The molecule has 0 bridgehead atoms. The van der Waals surface area contributed by atoms with Crippen molar-refractivity contribution < 1.29 is 9.18 Å². The molecule has 3 N–H and O–H groups in total. The maximum absolute atomic E-state index is 13.5. The van der Waals surface area contributed by atoms with E-state index in [-0.39, 0.29) is 12.5 Å². The zero-order valence-corrected chi connectivity index (χ0v) is 18.7. The van der Waals surface area contributed by atoms with Gasteiger partial charge in [0.2, 0.25) is 0 Å². The SMILES string of the molecule is O=C(c1cc2ccc(-c3nccc(Nc4ccc(-c5cn[nH]c5)cc4)n3)cc2[nH]1)N1CC[C@@H](F)C1. The topological polar surface area (TPSA) is 103 Å². The van der Waals surface area contributed by atoms with E-state index in [4.69, 9.17) is 0 Å². The van der Waals surface area contributed by atoms with Gasteiger partial charge in [0.05, 0.1) is 12.7 Å². The number of halogens is 1. The van der Waals surface area contributed by atoms with Crippen molar-refractivity contribution in [1.82, 2.24) is 30.0 Å². The third-order valence-electron chi connectivity index (χ3n) is 6.17. The second-order valence-electron chi connectivity index (χ2n) is 8.58. The van der Waals surface area contributed by atoms with Crippen molar-refractivity contribution in [2.24, 2.45) is 0 Å². The number of H-pyrrole nitrogens is 2. The number of anilines is 2. The summed E-state index contributed by atoms with van der Waals surface area (Å²) in [6.45, 7) is 0.597. The van der Waals surface area contributed by atoms with Crippen LogP contribution in [0.3, 0.4) is 0 Å². The van der Waals surface area contributed by atoms with Crippen molar-refractivity contribution in [3.63, 3.8) is 0 Å². The summed E-state index contributed by atoms with van der Waals surface area (Å²) in [5.74, 6) is 1.06. The van der Waals surface area contributed by atoms with E-state index in [2.05, 4.69) is 30.5 Å². The van der Waals surface area contributed by atoms with E-state index in [0.29, 0.717) is 30.3 Å². The Morgan fingerprint density at radius 1 is 1.06 bits per heavy atom. The summed E-state index contributed by atoms with van der Waals surface area (Å²) < 4.78 is 13.5. The minimum atomic E-state index is -0.942. The third kappa shape index (κ3) is 4.23. The Balaban J connectivity index is 1.22. The van der Waals surface area contributed by atoms with E-state index in [1.54, 1.807) is 23.4 Å². The smallest absolute Gasteiger partial charge is 0.270 e. The lowest BCUT2D eigenvalue weighted by atomic mass is 10.1. The number of hydrogen-bond donors (Lipinski definition) is 3. The molecule has 1 aliphatic rings. The Labute approximate surface area is 200 Å². The second kappa shape index (κ2) is 8.68. The molecule has 1 aliphatic heterocycles. The molecule has 0 saturated carbocycles. The molecule has 1 amide bonds. The van der Waals surface area contributed by atoms with Crippen LogP contribution in [0.4, 0.5) is 15.9 Å². The summed E-state index contributed by atoms with van der Waals surface area (Å²) in [6.07, 6.45) is 4.79. The number of rotatable bonds is 5. The van der Waals surface area contributed by atoms with Crippen LogP contribution in [-0.2, 0) is 0 Å². The van der Waals surface area contributed by atoms with E-state index in [1.165, 1.54) is 0 Å². The van der Waals surface area contributed by atoms with Gasteiger partial charge >= 0.3 is 0 Å². The predicted molar refractivity (Wildman–Crippen MR) is 132 cm³/mol. The number of carbonyl (C=O) groups is 1. The van der Waals surface area contributed by atoms with Crippen molar-refractivity contribution in [1.29, 1.82) is 0 Å². The van der Waals surface area contributed by atoms with Gasteiger partial charge < -0.3 is 15.2 Å². The zero-order chi connectivity index (χ0) is 23.8. The van der Waals surface area contributed by atoms with Crippen molar-refractivity contribution >= 4 is 28.3 Å². The number of carbonyl (C=O) groups excluding carboxylic acids is 1. The molecule has 3 aromatic heterocycles. The van der Waals surface area contributed by atoms with E-state index in [1.807, 2.05) is 54.7 Å². The predicted octanol–water partition coefficient (Wildman–Crippen LogP) is 4.94. The highest BCUT2D eigenvalue weighted by Gasteiger charge is 2.27. The largest absolute Gasteiger partial charge is 0.351 e. The van der Waals surface area contributed by atoms with Crippen molar-refractivity contribution in [2.45, 2.75) is 12.6 Å². The van der Waals surface area contributed by atoms with Crippen LogP contribution < -0.4 is 5.32 Å². The first-order valence-corrected chi connectivity index (χ1v) is 11.4. The number of amides is 1. The molecule has 0 unspecified atom stereocenters. The summed E-state index contributed by atoms with van der Waals surface area (Å²) in [7, 11) is 0. The molecule has 2 aromatic carbocycles. The fourth-order valence-corrected chi connectivity index (χ4v) is 4.32. The van der Waals surface area contributed by atoms with Gasteiger partial charge in [0.25, 0.3) is 5.91 Å². The maximum Gasteiger partial charge on any atom is 0.270 e. The number of aromatic amines is 2. The Hall–Kier alpha value is -4.53. The number of alkyl halides is 1. The average molecular weight is 468 g/mol. The van der Waals surface area contributed by atoms with Crippen molar-refractivity contribution in [3.05, 3.63) is 78.9 Å². The first-order chi connectivity index (χ1) is 17.1. The molecule has 0 aliphatic carbocycles. The van der Waals surface area contributed by atoms with Gasteiger partial charge in [-0.15, -0.1) is 0 Å².